The Hall–Kier alpha value is -0.960. The van der Waals surface area contributed by atoms with E-state index in [-0.39, 0.29) is 15.7 Å². The van der Waals surface area contributed by atoms with Gasteiger partial charge in [-0.3, -0.25) is 4.99 Å². The van der Waals surface area contributed by atoms with Crippen LogP contribution in [0.15, 0.2) is 27.6 Å². The average molecular weight is 275 g/mol. The van der Waals surface area contributed by atoms with E-state index in [4.69, 9.17) is 0 Å². The molecule has 0 aromatic rings. The minimum Gasteiger partial charge on any atom is -0.302 e. The average Bonchev–Trinajstić information content (AvgIpc) is 2.86. The summed E-state index contributed by atoms with van der Waals surface area (Å²) >= 11 is 0. The quantitative estimate of drug-likeness (QED) is 0.573. The van der Waals surface area contributed by atoms with Crippen molar-refractivity contribution in [2.24, 2.45) is 16.8 Å². The van der Waals surface area contributed by atoms with Crippen molar-refractivity contribution in [1.29, 1.82) is 0 Å². The smallest absolute Gasteiger partial charge is 0.133 e. The highest BCUT2D eigenvalue weighted by Crippen LogP contribution is 2.45. The third-order valence-corrected chi connectivity index (χ3v) is 6.95. The van der Waals surface area contributed by atoms with Crippen LogP contribution in [-0.4, -0.2) is 29.7 Å². The maximum atomic E-state index is 11.7. The Morgan fingerprint density at radius 2 is 2.11 bits per heavy atom. The summed E-state index contributed by atoms with van der Waals surface area (Å²) in [5.74, 6) is 1.43. The van der Waals surface area contributed by atoms with Gasteiger partial charge in [0.05, 0.1) is 11.8 Å². The number of carbonyl (C=O) groups is 1. The molecule has 0 radical (unpaired) electrons. The van der Waals surface area contributed by atoms with Crippen LogP contribution in [0.25, 0.3) is 0 Å². The molecule has 19 heavy (non-hydrogen) atoms. The zero-order valence-electron chi connectivity index (χ0n) is 11.4. The third kappa shape index (κ3) is 2.53. The molecule has 0 aromatic carbocycles. The SMILES string of the molecule is CC1CCC(C(C=O)S2=CC=C3CN=CC=C32)CC1. The molecule has 3 heteroatoms. The number of hydrogen-bond donors (Lipinski definition) is 0. The monoisotopic (exact) mass is 275 g/mol. The number of aldehydes is 1. The summed E-state index contributed by atoms with van der Waals surface area (Å²) in [7, 11) is -0.00620. The van der Waals surface area contributed by atoms with Gasteiger partial charge >= 0.3 is 0 Å². The van der Waals surface area contributed by atoms with Crippen molar-refractivity contribution in [3.05, 3.63) is 22.6 Å². The molecule has 102 valence electrons. The third-order valence-electron chi connectivity index (χ3n) is 4.53. The van der Waals surface area contributed by atoms with Gasteiger partial charge in [-0.2, -0.15) is 0 Å². The van der Waals surface area contributed by atoms with E-state index in [0.717, 1.165) is 12.5 Å². The first-order chi connectivity index (χ1) is 9.29. The molecule has 2 nitrogen and oxygen atoms in total. The highest BCUT2D eigenvalue weighted by Gasteiger charge is 2.31. The van der Waals surface area contributed by atoms with Crippen molar-refractivity contribution in [2.45, 2.75) is 37.9 Å². The molecule has 0 bridgehead atoms. The molecule has 0 saturated heterocycles. The van der Waals surface area contributed by atoms with Crippen LogP contribution in [0, 0.1) is 11.8 Å². The zero-order valence-corrected chi connectivity index (χ0v) is 12.2. The normalized spacial score (nSPS) is 34.9. The molecule has 2 unspecified atom stereocenters. The first-order valence-corrected chi connectivity index (χ1v) is 8.56. The molecular formula is C16H21NOS. The van der Waals surface area contributed by atoms with Crippen molar-refractivity contribution < 1.29 is 4.79 Å². The second kappa shape index (κ2) is 5.58. The summed E-state index contributed by atoms with van der Waals surface area (Å²) in [4.78, 5) is 17.3. The van der Waals surface area contributed by atoms with E-state index in [9.17, 15) is 4.79 Å². The summed E-state index contributed by atoms with van der Waals surface area (Å²) in [5.41, 5.74) is 1.32. The van der Waals surface area contributed by atoms with Crippen molar-refractivity contribution in [1.82, 2.24) is 0 Å². The highest BCUT2D eigenvalue weighted by molar-refractivity contribution is 8.20. The minimum absolute atomic E-state index is 0.00620. The fraction of sp³-hybridized carbons (Fsp3) is 0.562. The standard InChI is InChI=1S/C16H21NOS/c1-12-2-4-13(5-3-12)16(11-18)19-9-7-14-10-17-8-6-15(14)19/h6-9,11-13,16H,2-5,10H2,1H3. The summed E-state index contributed by atoms with van der Waals surface area (Å²) < 4.78 is 0. The van der Waals surface area contributed by atoms with Gasteiger partial charge in [-0.15, -0.1) is 10.5 Å². The van der Waals surface area contributed by atoms with Crippen LogP contribution in [0.1, 0.15) is 32.6 Å². The van der Waals surface area contributed by atoms with E-state index < -0.39 is 0 Å². The Kier molecular flexibility index (Phi) is 3.83. The fourth-order valence-electron chi connectivity index (χ4n) is 3.28. The van der Waals surface area contributed by atoms with Crippen LogP contribution in [0.3, 0.4) is 0 Å². The van der Waals surface area contributed by atoms with Crippen molar-refractivity contribution in [3.63, 3.8) is 0 Å². The number of fused-ring (bicyclic) bond motifs is 1. The van der Waals surface area contributed by atoms with Crippen LogP contribution in [0.2, 0.25) is 0 Å². The largest absolute Gasteiger partial charge is 0.302 e. The summed E-state index contributed by atoms with van der Waals surface area (Å²) in [6, 6.07) is 0. The molecule has 1 aliphatic carbocycles. The number of rotatable bonds is 3. The van der Waals surface area contributed by atoms with Gasteiger partial charge in [-0.1, -0.05) is 25.8 Å². The van der Waals surface area contributed by atoms with Crippen LogP contribution in [0.4, 0.5) is 0 Å². The van der Waals surface area contributed by atoms with Crippen molar-refractivity contribution >= 4 is 28.4 Å². The molecular weight excluding hydrogens is 254 g/mol. The van der Waals surface area contributed by atoms with Gasteiger partial charge in [0, 0.05) is 11.1 Å². The Morgan fingerprint density at radius 1 is 1.32 bits per heavy atom. The Bertz CT molecular complexity index is 493. The van der Waals surface area contributed by atoms with E-state index in [1.54, 1.807) is 0 Å². The van der Waals surface area contributed by atoms with E-state index in [0.29, 0.717) is 5.92 Å². The second-order valence-corrected chi connectivity index (χ2v) is 7.84. The van der Waals surface area contributed by atoms with E-state index in [2.05, 4.69) is 29.4 Å². The van der Waals surface area contributed by atoms with Gasteiger partial charge in [-0.05, 0) is 41.7 Å². The van der Waals surface area contributed by atoms with Gasteiger partial charge < -0.3 is 4.79 Å². The van der Waals surface area contributed by atoms with Gasteiger partial charge in [0.2, 0.25) is 0 Å². The predicted molar refractivity (Wildman–Crippen MR) is 84.2 cm³/mol. The van der Waals surface area contributed by atoms with E-state index >= 15 is 0 Å². The first kappa shape index (κ1) is 13.0. The molecule has 3 rings (SSSR count). The molecule has 1 saturated carbocycles. The zero-order chi connectivity index (χ0) is 13.2. The topological polar surface area (TPSA) is 29.4 Å². The van der Waals surface area contributed by atoms with Crippen molar-refractivity contribution in [3.8, 4) is 0 Å². The summed E-state index contributed by atoms with van der Waals surface area (Å²) in [6.45, 7) is 3.12. The summed E-state index contributed by atoms with van der Waals surface area (Å²) in [6.07, 6.45) is 12.4. The van der Waals surface area contributed by atoms with Crippen LogP contribution >= 0.6 is 10.5 Å². The maximum Gasteiger partial charge on any atom is 0.133 e. The predicted octanol–water partition coefficient (Wildman–Crippen LogP) is 3.36. The molecule has 2 aliphatic heterocycles. The molecule has 1 fully saturated rings. The maximum absolute atomic E-state index is 11.7. The highest BCUT2D eigenvalue weighted by atomic mass is 32.2. The van der Waals surface area contributed by atoms with Crippen LogP contribution in [0.5, 0.6) is 0 Å². The minimum atomic E-state index is -0.00620. The van der Waals surface area contributed by atoms with Gasteiger partial charge in [0.15, 0.2) is 0 Å². The molecule has 2 heterocycles. The lowest BCUT2D eigenvalue weighted by Gasteiger charge is -2.32. The number of aliphatic imine (C=N–C) groups is 1. The van der Waals surface area contributed by atoms with Crippen LogP contribution in [-0.2, 0) is 4.79 Å². The second-order valence-electron chi connectivity index (χ2n) is 5.84. The van der Waals surface area contributed by atoms with E-state index in [1.807, 2.05) is 6.21 Å². The molecule has 0 spiro atoms. The Balaban J connectivity index is 1.78. The lowest BCUT2D eigenvalue weighted by molar-refractivity contribution is -0.108. The number of allylic oxidation sites excluding steroid dienone is 2. The Labute approximate surface area is 117 Å². The molecule has 0 aromatic heterocycles. The number of dihydropyridines is 1. The van der Waals surface area contributed by atoms with Gasteiger partial charge in [0.25, 0.3) is 0 Å². The van der Waals surface area contributed by atoms with Crippen molar-refractivity contribution in [2.75, 3.05) is 6.54 Å². The first-order valence-electron chi connectivity index (χ1n) is 7.21. The van der Waals surface area contributed by atoms with Crippen LogP contribution < -0.4 is 0 Å². The van der Waals surface area contributed by atoms with Gasteiger partial charge in [-0.25, -0.2) is 0 Å². The number of hydrogen-bond acceptors (Lipinski definition) is 2. The molecule has 3 aliphatic rings. The molecule has 0 N–H and O–H groups in total. The summed E-state index contributed by atoms with van der Waals surface area (Å²) in [5, 5.41) is 2.45. The molecule has 0 amide bonds. The van der Waals surface area contributed by atoms with Gasteiger partial charge in [0.1, 0.15) is 6.29 Å². The fourth-order valence-corrected chi connectivity index (χ4v) is 5.67. The molecule has 2 atom stereocenters. The lowest BCUT2D eigenvalue weighted by Crippen LogP contribution is -2.25. The number of carbonyl (C=O) groups excluding carboxylic acids is 1. The Morgan fingerprint density at radius 3 is 2.84 bits per heavy atom. The number of nitrogens with zero attached hydrogens (tertiary/aromatic N) is 1. The lowest BCUT2D eigenvalue weighted by atomic mass is 9.81. The van der Waals surface area contributed by atoms with E-state index in [1.165, 1.54) is 42.4 Å².